The first kappa shape index (κ1) is 11.5. The second-order valence-electron chi connectivity index (χ2n) is 3.29. The largest absolute Gasteiger partial charge is 0.488 e. The van der Waals surface area contributed by atoms with Crippen molar-refractivity contribution >= 4 is 5.97 Å². The molecule has 0 saturated carbocycles. The van der Waals surface area contributed by atoms with Crippen LogP contribution >= 0.6 is 0 Å². The molecule has 3 nitrogen and oxygen atoms in total. The van der Waals surface area contributed by atoms with Gasteiger partial charge in [0.2, 0.25) is 0 Å². The molecule has 1 N–H and O–H groups in total. The zero-order chi connectivity index (χ0) is 11.4. The van der Waals surface area contributed by atoms with E-state index in [2.05, 4.69) is 0 Å². The van der Waals surface area contributed by atoms with Crippen LogP contribution in [0.15, 0.2) is 18.2 Å². The van der Waals surface area contributed by atoms with Gasteiger partial charge in [-0.3, -0.25) is 0 Å². The number of ether oxygens (including phenoxy) is 1. The van der Waals surface area contributed by atoms with Crippen LogP contribution in [0, 0.1) is 5.82 Å². The second kappa shape index (κ2) is 4.77. The lowest BCUT2D eigenvalue weighted by atomic mass is 10.2. The Morgan fingerprint density at radius 1 is 1.60 bits per heavy atom. The second-order valence-corrected chi connectivity index (χ2v) is 3.29. The molecule has 0 aliphatic heterocycles. The lowest BCUT2D eigenvalue weighted by Crippen LogP contribution is -2.11. The summed E-state index contributed by atoms with van der Waals surface area (Å²) in [4.78, 5) is 10.5. The van der Waals surface area contributed by atoms with Gasteiger partial charge in [-0.2, -0.15) is 0 Å². The number of benzene rings is 1. The number of hydrogen-bond donors (Lipinski definition) is 1. The van der Waals surface area contributed by atoms with Gasteiger partial charge >= 0.3 is 5.97 Å². The number of carbonyl (C=O) groups is 1. The molecule has 4 heteroatoms. The minimum absolute atomic E-state index is 0.0796. The topological polar surface area (TPSA) is 46.5 Å². The molecule has 1 rings (SSSR count). The Hall–Kier alpha value is -1.58. The van der Waals surface area contributed by atoms with Gasteiger partial charge in [0.1, 0.15) is 0 Å². The van der Waals surface area contributed by atoms with Crippen molar-refractivity contribution in [3.8, 4) is 5.75 Å². The van der Waals surface area contributed by atoms with Crippen LogP contribution in [0.2, 0.25) is 0 Å². The first-order valence-electron chi connectivity index (χ1n) is 4.74. The van der Waals surface area contributed by atoms with Crippen LogP contribution in [0.25, 0.3) is 0 Å². The summed E-state index contributed by atoms with van der Waals surface area (Å²) in [5.41, 5.74) is -0.0796. The summed E-state index contributed by atoms with van der Waals surface area (Å²) < 4.78 is 18.6. The molecule has 1 atom stereocenters. The summed E-state index contributed by atoms with van der Waals surface area (Å²) in [7, 11) is 0. The van der Waals surface area contributed by atoms with Crippen LogP contribution in [-0.2, 0) is 0 Å². The number of carboxylic acid groups (broad SMARTS) is 1. The van der Waals surface area contributed by atoms with E-state index in [1.807, 2.05) is 13.8 Å². The lowest BCUT2D eigenvalue weighted by Gasteiger charge is -2.13. The van der Waals surface area contributed by atoms with E-state index in [1.165, 1.54) is 12.1 Å². The molecular weight excluding hydrogens is 199 g/mol. The third kappa shape index (κ3) is 2.94. The molecular formula is C11H13FO3. The summed E-state index contributed by atoms with van der Waals surface area (Å²) in [6, 6.07) is 3.62. The summed E-state index contributed by atoms with van der Waals surface area (Å²) in [6.07, 6.45) is 0.676. The molecule has 0 bridgehead atoms. The molecule has 1 aromatic rings. The Balaban J connectivity index is 2.88. The van der Waals surface area contributed by atoms with Gasteiger partial charge in [-0.1, -0.05) is 6.92 Å². The Morgan fingerprint density at radius 3 is 2.73 bits per heavy atom. The van der Waals surface area contributed by atoms with Crippen molar-refractivity contribution in [2.24, 2.45) is 0 Å². The summed E-state index contributed by atoms with van der Waals surface area (Å²) in [5, 5.41) is 8.62. The molecule has 0 unspecified atom stereocenters. The zero-order valence-electron chi connectivity index (χ0n) is 8.66. The highest BCUT2D eigenvalue weighted by Gasteiger charge is 2.10. The average molecular weight is 212 g/mol. The molecule has 82 valence electrons. The fourth-order valence-corrected chi connectivity index (χ4v) is 1.03. The van der Waals surface area contributed by atoms with E-state index in [-0.39, 0.29) is 17.4 Å². The van der Waals surface area contributed by atoms with Gasteiger partial charge in [0.25, 0.3) is 0 Å². The first-order chi connectivity index (χ1) is 7.04. The predicted molar refractivity (Wildman–Crippen MR) is 53.7 cm³/mol. The van der Waals surface area contributed by atoms with E-state index in [0.717, 1.165) is 12.5 Å². The fraction of sp³-hybridized carbons (Fsp3) is 0.364. The highest BCUT2D eigenvalue weighted by atomic mass is 19.1. The summed E-state index contributed by atoms with van der Waals surface area (Å²) in [5.74, 6) is -1.70. The molecule has 0 radical (unpaired) electrons. The molecule has 0 heterocycles. The molecule has 0 saturated heterocycles. The standard InChI is InChI=1S/C11H13FO3/c1-3-7(2)15-10-5-4-8(11(13)14)6-9(10)12/h4-7H,3H2,1-2H3,(H,13,14)/t7-/m0/s1. The van der Waals surface area contributed by atoms with Crippen molar-refractivity contribution in [1.29, 1.82) is 0 Å². The zero-order valence-corrected chi connectivity index (χ0v) is 8.66. The van der Waals surface area contributed by atoms with E-state index >= 15 is 0 Å². The summed E-state index contributed by atoms with van der Waals surface area (Å²) >= 11 is 0. The number of rotatable bonds is 4. The van der Waals surface area contributed by atoms with Gasteiger partial charge in [0.05, 0.1) is 11.7 Å². The molecule has 1 aromatic carbocycles. The molecule has 0 aliphatic carbocycles. The minimum Gasteiger partial charge on any atom is -0.488 e. The van der Waals surface area contributed by atoms with Gasteiger partial charge < -0.3 is 9.84 Å². The SMILES string of the molecule is CC[C@H](C)Oc1ccc(C(=O)O)cc1F. The molecule has 0 fully saturated rings. The maximum Gasteiger partial charge on any atom is 0.335 e. The Kier molecular flexibility index (Phi) is 3.66. The summed E-state index contributed by atoms with van der Waals surface area (Å²) in [6.45, 7) is 3.75. The Labute approximate surface area is 87.5 Å². The number of halogens is 1. The van der Waals surface area contributed by atoms with Crippen LogP contribution in [0.5, 0.6) is 5.75 Å². The van der Waals surface area contributed by atoms with Gasteiger partial charge in [-0.05, 0) is 31.5 Å². The Bertz CT molecular complexity index is 363. The highest BCUT2D eigenvalue weighted by molar-refractivity contribution is 5.87. The minimum atomic E-state index is -1.15. The van der Waals surface area contributed by atoms with Crippen molar-refractivity contribution in [1.82, 2.24) is 0 Å². The highest BCUT2D eigenvalue weighted by Crippen LogP contribution is 2.20. The van der Waals surface area contributed by atoms with Crippen molar-refractivity contribution in [2.75, 3.05) is 0 Å². The molecule has 0 aromatic heterocycles. The quantitative estimate of drug-likeness (QED) is 0.834. The van der Waals surface area contributed by atoms with Gasteiger partial charge in [0.15, 0.2) is 11.6 Å². The van der Waals surface area contributed by atoms with Crippen LogP contribution in [0.1, 0.15) is 30.6 Å². The van der Waals surface area contributed by atoms with Crippen LogP contribution in [0.4, 0.5) is 4.39 Å². The fourth-order valence-electron chi connectivity index (χ4n) is 1.03. The monoisotopic (exact) mass is 212 g/mol. The maximum atomic E-state index is 13.3. The normalized spacial score (nSPS) is 12.2. The lowest BCUT2D eigenvalue weighted by molar-refractivity contribution is 0.0696. The number of hydrogen-bond acceptors (Lipinski definition) is 2. The van der Waals surface area contributed by atoms with Crippen LogP contribution in [-0.4, -0.2) is 17.2 Å². The number of aromatic carboxylic acids is 1. The van der Waals surface area contributed by atoms with E-state index < -0.39 is 11.8 Å². The molecule has 0 aliphatic rings. The van der Waals surface area contributed by atoms with Gasteiger partial charge in [-0.15, -0.1) is 0 Å². The third-order valence-corrected chi connectivity index (χ3v) is 2.08. The molecule has 0 spiro atoms. The van der Waals surface area contributed by atoms with Crippen LogP contribution in [0.3, 0.4) is 0 Å². The van der Waals surface area contributed by atoms with Crippen molar-refractivity contribution in [3.63, 3.8) is 0 Å². The van der Waals surface area contributed by atoms with Crippen molar-refractivity contribution < 1.29 is 19.0 Å². The van der Waals surface area contributed by atoms with E-state index in [0.29, 0.717) is 0 Å². The smallest absolute Gasteiger partial charge is 0.335 e. The molecule has 15 heavy (non-hydrogen) atoms. The van der Waals surface area contributed by atoms with E-state index in [1.54, 1.807) is 0 Å². The van der Waals surface area contributed by atoms with Crippen LogP contribution < -0.4 is 4.74 Å². The number of carboxylic acids is 1. The Morgan fingerprint density at radius 2 is 2.27 bits per heavy atom. The predicted octanol–water partition coefficient (Wildman–Crippen LogP) is 2.70. The third-order valence-electron chi connectivity index (χ3n) is 2.08. The first-order valence-corrected chi connectivity index (χ1v) is 4.74. The van der Waals surface area contributed by atoms with E-state index in [9.17, 15) is 9.18 Å². The van der Waals surface area contributed by atoms with Crippen molar-refractivity contribution in [2.45, 2.75) is 26.4 Å². The van der Waals surface area contributed by atoms with Gasteiger partial charge in [0, 0.05) is 0 Å². The molecule has 0 amide bonds. The van der Waals surface area contributed by atoms with Crippen molar-refractivity contribution in [3.05, 3.63) is 29.6 Å². The van der Waals surface area contributed by atoms with Gasteiger partial charge in [-0.25, -0.2) is 9.18 Å². The van der Waals surface area contributed by atoms with E-state index in [4.69, 9.17) is 9.84 Å². The average Bonchev–Trinajstić information content (AvgIpc) is 2.20. The maximum absolute atomic E-state index is 13.3.